The van der Waals surface area contributed by atoms with E-state index in [4.69, 9.17) is 4.74 Å². The van der Waals surface area contributed by atoms with Crippen molar-refractivity contribution < 1.29 is 13.5 Å². The molecule has 0 saturated heterocycles. The maximum atomic E-state index is 14.6. The second-order valence-corrected chi connectivity index (χ2v) is 8.11. The van der Waals surface area contributed by atoms with Crippen molar-refractivity contribution in [3.8, 4) is 17.0 Å². The largest absolute Gasteiger partial charge is 0.486 e. The molecule has 5 rings (SSSR count). The second kappa shape index (κ2) is 10.2. The van der Waals surface area contributed by atoms with Gasteiger partial charge < -0.3 is 9.64 Å². The van der Waals surface area contributed by atoms with E-state index < -0.39 is 5.82 Å². The lowest BCUT2D eigenvalue weighted by atomic mass is 10.1. The maximum Gasteiger partial charge on any atom is 0.165 e. The quantitative estimate of drug-likeness (QED) is 0.261. The van der Waals surface area contributed by atoms with Crippen molar-refractivity contribution in [2.45, 2.75) is 13.2 Å². The van der Waals surface area contributed by atoms with E-state index in [-0.39, 0.29) is 18.2 Å². The second-order valence-electron chi connectivity index (χ2n) is 8.11. The smallest absolute Gasteiger partial charge is 0.165 e. The summed E-state index contributed by atoms with van der Waals surface area (Å²) in [7, 11) is 0. The number of ether oxygens (including phenoxy) is 1. The van der Waals surface area contributed by atoms with Gasteiger partial charge in [0.15, 0.2) is 17.4 Å². The number of rotatable bonds is 8. The zero-order chi connectivity index (χ0) is 24.0. The molecule has 4 aromatic carbocycles. The Morgan fingerprint density at radius 3 is 2.20 bits per heavy atom. The molecule has 1 heterocycles. The Kier molecular flexibility index (Phi) is 6.52. The zero-order valence-corrected chi connectivity index (χ0v) is 18.9. The fourth-order valence-corrected chi connectivity index (χ4v) is 3.80. The van der Waals surface area contributed by atoms with E-state index in [1.54, 1.807) is 24.3 Å². The molecular weight excluding hydrogens is 444 g/mol. The van der Waals surface area contributed by atoms with Gasteiger partial charge in [0, 0.05) is 24.4 Å². The number of aromatic nitrogens is 2. The van der Waals surface area contributed by atoms with Gasteiger partial charge >= 0.3 is 0 Å². The molecule has 6 heteroatoms. The summed E-state index contributed by atoms with van der Waals surface area (Å²) in [5.41, 5.74) is 4.38. The molecule has 0 aliphatic rings. The lowest BCUT2D eigenvalue weighted by Crippen LogP contribution is -2.17. The van der Waals surface area contributed by atoms with Crippen LogP contribution in [-0.4, -0.2) is 10.2 Å². The van der Waals surface area contributed by atoms with Gasteiger partial charge in [-0.1, -0.05) is 72.8 Å². The number of nitrogens with zero attached hydrogens (tertiary/aromatic N) is 2. The molecule has 0 bridgehead atoms. The number of nitrogens with one attached hydrogen (secondary N) is 1. The van der Waals surface area contributed by atoms with Gasteiger partial charge in [-0.25, -0.2) is 8.78 Å². The third kappa shape index (κ3) is 5.38. The molecule has 174 valence electrons. The Bertz CT molecular complexity index is 1390. The fraction of sp³-hybridized carbons (Fsp3) is 0.0690. The van der Waals surface area contributed by atoms with Crippen molar-refractivity contribution in [3.05, 3.63) is 132 Å². The minimum atomic E-state index is -0.446. The SMILES string of the molecule is Fc1ccc(CN(c2ccc(F)c(OCc3ccccc3)c2)c2cc(-c3ccccc3)[nH]n2)cc1. The molecule has 0 aliphatic carbocycles. The summed E-state index contributed by atoms with van der Waals surface area (Å²) in [5, 5.41) is 7.60. The van der Waals surface area contributed by atoms with Gasteiger partial charge in [-0.15, -0.1) is 0 Å². The molecule has 0 radical (unpaired) electrons. The highest BCUT2D eigenvalue weighted by Gasteiger charge is 2.17. The topological polar surface area (TPSA) is 41.1 Å². The Balaban J connectivity index is 1.48. The van der Waals surface area contributed by atoms with Crippen LogP contribution >= 0.6 is 0 Å². The summed E-state index contributed by atoms with van der Waals surface area (Å²) in [4.78, 5) is 1.94. The van der Waals surface area contributed by atoms with E-state index in [2.05, 4.69) is 10.2 Å². The van der Waals surface area contributed by atoms with Crippen molar-refractivity contribution in [2.24, 2.45) is 0 Å². The van der Waals surface area contributed by atoms with Crippen LogP contribution in [0.25, 0.3) is 11.3 Å². The Morgan fingerprint density at radius 2 is 1.46 bits per heavy atom. The van der Waals surface area contributed by atoms with E-state index in [9.17, 15) is 8.78 Å². The molecule has 0 unspecified atom stereocenters. The van der Waals surface area contributed by atoms with Crippen molar-refractivity contribution in [1.82, 2.24) is 10.2 Å². The highest BCUT2D eigenvalue weighted by atomic mass is 19.1. The predicted octanol–water partition coefficient (Wildman–Crippen LogP) is 7.27. The van der Waals surface area contributed by atoms with Crippen LogP contribution in [0.15, 0.2) is 109 Å². The number of aromatic amines is 1. The lowest BCUT2D eigenvalue weighted by molar-refractivity contribution is 0.290. The monoisotopic (exact) mass is 467 g/mol. The maximum absolute atomic E-state index is 14.6. The van der Waals surface area contributed by atoms with Gasteiger partial charge in [0.25, 0.3) is 0 Å². The predicted molar refractivity (Wildman–Crippen MR) is 133 cm³/mol. The summed E-state index contributed by atoms with van der Waals surface area (Å²) in [5.74, 6) is 0.0475. The number of hydrogen-bond acceptors (Lipinski definition) is 3. The van der Waals surface area contributed by atoms with Crippen LogP contribution in [0.3, 0.4) is 0 Å². The summed E-state index contributed by atoms with van der Waals surface area (Å²) in [6.07, 6.45) is 0. The summed E-state index contributed by atoms with van der Waals surface area (Å²) < 4.78 is 33.9. The molecule has 0 aliphatic heterocycles. The summed E-state index contributed by atoms with van der Waals surface area (Å²) in [6, 6.07) is 32.4. The van der Waals surface area contributed by atoms with Crippen molar-refractivity contribution in [2.75, 3.05) is 4.90 Å². The first kappa shape index (κ1) is 22.3. The van der Waals surface area contributed by atoms with Gasteiger partial charge in [-0.2, -0.15) is 5.10 Å². The Hall–Kier alpha value is -4.45. The first-order valence-electron chi connectivity index (χ1n) is 11.2. The van der Waals surface area contributed by atoms with Crippen LogP contribution in [0, 0.1) is 11.6 Å². The number of halogens is 2. The molecule has 0 spiro atoms. The fourth-order valence-electron chi connectivity index (χ4n) is 3.80. The van der Waals surface area contributed by atoms with Crippen LogP contribution in [0.5, 0.6) is 5.75 Å². The van der Waals surface area contributed by atoms with Gasteiger partial charge in [0.1, 0.15) is 12.4 Å². The number of H-pyrrole nitrogens is 1. The molecule has 0 fully saturated rings. The number of hydrogen-bond donors (Lipinski definition) is 1. The molecule has 1 aromatic heterocycles. The number of anilines is 2. The normalized spacial score (nSPS) is 10.8. The lowest BCUT2D eigenvalue weighted by Gasteiger charge is -2.23. The van der Waals surface area contributed by atoms with E-state index in [0.717, 1.165) is 22.4 Å². The van der Waals surface area contributed by atoms with Gasteiger partial charge in [-0.3, -0.25) is 5.10 Å². The van der Waals surface area contributed by atoms with Crippen molar-refractivity contribution in [1.29, 1.82) is 0 Å². The van der Waals surface area contributed by atoms with Crippen LogP contribution in [0.4, 0.5) is 20.3 Å². The van der Waals surface area contributed by atoms with Crippen LogP contribution < -0.4 is 9.64 Å². The molecule has 0 atom stereocenters. The molecule has 4 nitrogen and oxygen atoms in total. The summed E-state index contributed by atoms with van der Waals surface area (Å²) in [6.45, 7) is 0.656. The Labute approximate surface area is 202 Å². The van der Waals surface area contributed by atoms with Gasteiger partial charge in [-0.05, 0) is 41.0 Å². The first-order valence-corrected chi connectivity index (χ1v) is 11.2. The minimum Gasteiger partial charge on any atom is -0.486 e. The third-order valence-corrected chi connectivity index (χ3v) is 5.64. The van der Waals surface area contributed by atoms with Gasteiger partial charge in [0.05, 0.1) is 5.69 Å². The Morgan fingerprint density at radius 1 is 0.743 bits per heavy atom. The average Bonchev–Trinajstić information content (AvgIpc) is 3.39. The third-order valence-electron chi connectivity index (χ3n) is 5.64. The highest BCUT2D eigenvalue weighted by molar-refractivity contribution is 5.68. The van der Waals surface area contributed by atoms with E-state index in [1.807, 2.05) is 71.6 Å². The van der Waals surface area contributed by atoms with Crippen LogP contribution in [0.2, 0.25) is 0 Å². The van der Waals surface area contributed by atoms with Crippen LogP contribution in [0.1, 0.15) is 11.1 Å². The van der Waals surface area contributed by atoms with Crippen LogP contribution in [-0.2, 0) is 13.2 Å². The molecule has 5 aromatic rings. The van der Waals surface area contributed by atoms with E-state index in [0.29, 0.717) is 18.1 Å². The zero-order valence-electron chi connectivity index (χ0n) is 18.9. The van der Waals surface area contributed by atoms with Crippen molar-refractivity contribution >= 4 is 11.5 Å². The first-order chi connectivity index (χ1) is 17.2. The number of benzene rings is 4. The van der Waals surface area contributed by atoms with E-state index in [1.165, 1.54) is 18.2 Å². The summed E-state index contributed by atoms with van der Waals surface area (Å²) >= 11 is 0. The highest BCUT2D eigenvalue weighted by Crippen LogP contribution is 2.33. The van der Waals surface area contributed by atoms with Crippen molar-refractivity contribution in [3.63, 3.8) is 0 Å². The molecule has 1 N–H and O–H groups in total. The molecule has 35 heavy (non-hydrogen) atoms. The molecule has 0 amide bonds. The average molecular weight is 468 g/mol. The molecule has 0 saturated carbocycles. The molecular formula is C29H23F2N3O. The minimum absolute atomic E-state index is 0.147. The standard InChI is InChI=1S/C29H23F2N3O/c30-24-13-11-21(12-14-24)19-34(29-18-27(32-33-29)23-9-5-2-6-10-23)25-15-16-26(31)28(17-25)35-20-22-7-3-1-4-8-22/h1-18H,19-20H2,(H,32,33). The van der Waals surface area contributed by atoms with E-state index >= 15 is 0 Å². The van der Waals surface area contributed by atoms with Gasteiger partial charge in [0.2, 0.25) is 0 Å².